The smallest absolute Gasteiger partial charge is 0.228 e. The van der Waals surface area contributed by atoms with Crippen molar-refractivity contribution in [3.63, 3.8) is 0 Å². The van der Waals surface area contributed by atoms with Crippen LogP contribution in [-0.4, -0.2) is 23.2 Å². The van der Waals surface area contributed by atoms with Gasteiger partial charge in [0.05, 0.1) is 0 Å². The number of hydrogen-bond acceptors (Lipinski definition) is 4. The molecule has 2 aromatic rings. The van der Waals surface area contributed by atoms with Crippen LogP contribution in [0.15, 0.2) is 28.8 Å². The molecule has 21 heavy (non-hydrogen) atoms. The molecule has 0 aliphatic heterocycles. The molecule has 4 nitrogen and oxygen atoms in total. The third kappa shape index (κ3) is 3.29. The Bertz CT molecular complexity index is 575. The van der Waals surface area contributed by atoms with Gasteiger partial charge in [-0.25, -0.2) is 4.39 Å². The van der Waals surface area contributed by atoms with Crippen LogP contribution in [0.3, 0.4) is 0 Å². The van der Waals surface area contributed by atoms with Crippen LogP contribution in [0.2, 0.25) is 0 Å². The lowest BCUT2D eigenvalue weighted by Crippen LogP contribution is -2.34. The maximum absolute atomic E-state index is 12.9. The summed E-state index contributed by atoms with van der Waals surface area (Å²) >= 11 is 0. The predicted molar refractivity (Wildman–Crippen MR) is 78.2 cm³/mol. The van der Waals surface area contributed by atoms with Gasteiger partial charge >= 0.3 is 0 Å². The summed E-state index contributed by atoms with van der Waals surface area (Å²) in [5.41, 5.74) is 0.772. The van der Waals surface area contributed by atoms with E-state index in [-0.39, 0.29) is 5.82 Å². The lowest BCUT2D eigenvalue weighted by Gasteiger charge is -2.20. The SMILES string of the molecule is CNC(Cc1nc(-c2ccc(F)cc2)no1)C1CCCC1. The highest BCUT2D eigenvalue weighted by Gasteiger charge is 2.25. The Morgan fingerprint density at radius 2 is 2.00 bits per heavy atom. The highest BCUT2D eigenvalue weighted by Crippen LogP contribution is 2.29. The molecule has 1 unspecified atom stereocenters. The summed E-state index contributed by atoms with van der Waals surface area (Å²) in [6, 6.07) is 6.52. The molecule has 5 heteroatoms. The molecule has 1 atom stereocenters. The third-order valence-corrected chi connectivity index (χ3v) is 4.30. The number of nitrogens with zero attached hydrogens (tertiary/aromatic N) is 2. The number of likely N-dealkylation sites (N-methyl/N-ethyl adjacent to an activating group) is 1. The van der Waals surface area contributed by atoms with Crippen LogP contribution in [0.1, 0.15) is 31.6 Å². The van der Waals surface area contributed by atoms with Crippen molar-refractivity contribution in [3.8, 4) is 11.4 Å². The first-order chi connectivity index (χ1) is 10.3. The van der Waals surface area contributed by atoms with Gasteiger partial charge in [-0.15, -0.1) is 0 Å². The van der Waals surface area contributed by atoms with Crippen molar-refractivity contribution in [2.75, 3.05) is 7.05 Å². The maximum Gasteiger partial charge on any atom is 0.228 e. The van der Waals surface area contributed by atoms with E-state index in [1.807, 2.05) is 7.05 Å². The number of aromatic nitrogens is 2. The zero-order chi connectivity index (χ0) is 14.7. The molecule has 1 saturated carbocycles. The van der Waals surface area contributed by atoms with Crippen LogP contribution in [0.5, 0.6) is 0 Å². The fraction of sp³-hybridized carbons (Fsp3) is 0.500. The number of hydrogen-bond donors (Lipinski definition) is 1. The Morgan fingerprint density at radius 3 is 2.67 bits per heavy atom. The molecular formula is C16H20FN3O. The minimum atomic E-state index is -0.265. The second kappa shape index (κ2) is 6.35. The molecule has 0 saturated heterocycles. The molecule has 112 valence electrons. The van der Waals surface area contributed by atoms with Gasteiger partial charge in [-0.05, 0) is 50.1 Å². The van der Waals surface area contributed by atoms with E-state index in [1.165, 1.54) is 37.8 Å². The van der Waals surface area contributed by atoms with E-state index in [9.17, 15) is 4.39 Å². The lowest BCUT2D eigenvalue weighted by atomic mass is 9.95. The minimum absolute atomic E-state index is 0.265. The highest BCUT2D eigenvalue weighted by atomic mass is 19.1. The van der Waals surface area contributed by atoms with Gasteiger partial charge in [-0.2, -0.15) is 4.98 Å². The van der Waals surface area contributed by atoms with Gasteiger partial charge in [0.1, 0.15) is 5.82 Å². The molecule has 1 heterocycles. The Hall–Kier alpha value is -1.75. The molecule has 0 radical (unpaired) electrons. The molecule has 1 N–H and O–H groups in total. The molecular weight excluding hydrogens is 269 g/mol. The van der Waals surface area contributed by atoms with E-state index >= 15 is 0 Å². The van der Waals surface area contributed by atoms with E-state index in [4.69, 9.17) is 4.52 Å². The topological polar surface area (TPSA) is 51.0 Å². The van der Waals surface area contributed by atoms with Gasteiger partial charge in [0.25, 0.3) is 0 Å². The first-order valence-corrected chi connectivity index (χ1v) is 7.52. The van der Waals surface area contributed by atoms with E-state index in [1.54, 1.807) is 12.1 Å². The first-order valence-electron chi connectivity index (χ1n) is 7.52. The van der Waals surface area contributed by atoms with Crippen molar-refractivity contribution < 1.29 is 8.91 Å². The van der Waals surface area contributed by atoms with Gasteiger partial charge in [0.15, 0.2) is 0 Å². The number of rotatable bonds is 5. The van der Waals surface area contributed by atoms with Crippen molar-refractivity contribution in [2.24, 2.45) is 5.92 Å². The zero-order valence-electron chi connectivity index (χ0n) is 12.2. The molecule has 1 fully saturated rings. The molecule has 0 amide bonds. The Morgan fingerprint density at radius 1 is 1.29 bits per heavy atom. The Labute approximate surface area is 123 Å². The van der Waals surface area contributed by atoms with Crippen LogP contribution in [0, 0.1) is 11.7 Å². The van der Waals surface area contributed by atoms with Crippen molar-refractivity contribution in [2.45, 2.75) is 38.1 Å². The standard InChI is InChI=1S/C16H20FN3O/c1-18-14(11-4-2-3-5-11)10-15-19-16(20-21-15)12-6-8-13(17)9-7-12/h6-9,11,14,18H,2-5,10H2,1H3. The van der Waals surface area contributed by atoms with Crippen molar-refractivity contribution in [1.29, 1.82) is 0 Å². The van der Waals surface area contributed by atoms with Crippen LogP contribution < -0.4 is 5.32 Å². The minimum Gasteiger partial charge on any atom is -0.339 e. The van der Waals surface area contributed by atoms with Crippen LogP contribution in [0.4, 0.5) is 4.39 Å². The fourth-order valence-electron chi connectivity index (χ4n) is 3.11. The van der Waals surface area contributed by atoms with E-state index < -0.39 is 0 Å². The van der Waals surface area contributed by atoms with E-state index in [2.05, 4.69) is 15.5 Å². The average molecular weight is 289 g/mol. The fourth-order valence-corrected chi connectivity index (χ4v) is 3.11. The monoisotopic (exact) mass is 289 g/mol. The second-order valence-corrected chi connectivity index (χ2v) is 5.66. The lowest BCUT2D eigenvalue weighted by molar-refractivity contribution is 0.318. The quantitative estimate of drug-likeness (QED) is 0.918. The van der Waals surface area contributed by atoms with Gasteiger partial charge in [0, 0.05) is 18.0 Å². The number of nitrogens with one attached hydrogen (secondary N) is 1. The zero-order valence-corrected chi connectivity index (χ0v) is 12.2. The molecule has 0 bridgehead atoms. The van der Waals surface area contributed by atoms with Gasteiger partial charge in [-0.3, -0.25) is 0 Å². The molecule has 1 aromatic carbocycles. The predicted octanol–water partition coefficient (Wildman–Crippen LogP) is 3.20. The third-order valence-electron chi connectivity index (χ3n) is 4.30. The van der Waals surface area contributed by atoms with Gasteiger partial charge in [0.2, 0.25) is 11.7 Å². The van der Waals surface area contributed by atoms with E-state index in [0.29, 0.717) is 23.7 Å². The summed E-state index contributed by atoms with van der Waals surface area (Å²) in [6.07, 6.45) is 5.91. The number of halogens is 1. The molecule has 1 aromatic heterocycles. The highest BCUT2D eigenvalue weighted by molar-refractivity contribution is 5.53. The maximum atomic E-state index is 12.9. The van der Waals surface area contributed by atoms with Crippen LogP contribution in [0.25, 0.3) is 11.4 Å². The van der Waals surface area contributed by atoms with Gasteiger partial charge in [-0.1, -0.05) is 18.0 Å². The van der Waals surface area contributed by atoms with Crippen molar-refractivity contribution >= 4 is 0 Å². The average Bonchev–Trinajstić information content (AvgIpc) is 3.17. The Balaban J connectivity index is 1.70. The normalized spacial score (nSPS) is 17.2. The first kappa shape index (κ1) is 14.2. The summed E-state index contributed by atoms with van der Waals surface area (Å²) in [7, 11) is 1.99. The van der Waals surface area contributed by atoms with Crippen LogP contribution in [-0.2, 0) is 6.42 Å². The van der Waals surface area contributed by atoms with E-state index in [0.717, 1.165) is 12.0 Å². The van der Waals surface area contributed by atoms with Gasteiger partial charge < -0.3 is 9.84 Å². The summed E-state index contributed by atoms with van der Waals surface area (Å²) in [4.78, 5) is 4.43. The van der Waals surface area contributed by atoms with Crippen molar-refractivity contribution in [1.82, 2.24) is 15.5 Å². The molecule has 3 rings (SSSR count). The largest absolute Gasteiger partial charge is 0.339 e. The molecule has 0 spiro atoms. The summed E-state index contributed by atoms with van der Waals surface area (Å²) in [5, 5.41) is 7.37. The van der Waals surface area contributed by atoms with Crippen molar-refractivity contribution in [3.05, 3.63) is 36.0 Å². The molecule has 1 aliphatic carbocycles. The summed E-state index contributed by atoms with van der Waals surface area (Å²) < 4.78 is 18.3. The summed E-state index contributed by atoms with van der Waals surface area (Å²) in [6.45, 7) is 0. The Kier molecular flexibility index (Phi) is 4.29. The van der Waals surface area contributed by atoms with Crippen LogP contribution >= 0.6 is 0 Å². The summed E-state index contributed by atoms with van der Waals surface area (Å²) in [5.74, 6) is 1.59. The molecule has 1 aliphatic rings. The second-order valence-electron chi connectivity index (χ2n) is 5.66. The number of benzene rings is 1.